The molecule has 1 unspecified atom stereocenters. The Hall–Kier alpha value is -2.46. The van der Waals surface area contributed by atoms with Gasteiger partial charge in [0.25, 0.3) is 13.4 Å². The highest BCUT2D eigenvalue weighted by molar-refractivity contribution is 7.45. The largest absolute Gasteiger partial charge is 0.756 e. The van der Waals surface area contributed by atoms with E-state index in [1.54, 1.807) is 0 Å². The molecule has 0 saturated carbocycles. The summed E-state index contributed by atoms with van der Waals surface area (Å²) in [5.41, 5.74) is -1.02. The number of methoxy groups -OCH3 is 1. The van der Waals surface area contributed by atoms with Gasteiger partial charge < -0.3 is 43.6 Å². The summed E-state index contributed by atoms with van der Waals surface area (Å²) in [6, 6.07) is 1.31. The summed E-state index contributed by atoms with van der Waals surface area (Å²) in [5.74, 6) is -0.971. The van der Waals surface area contributed by atoms with Crippen LogP contribution in [-0.2, 0) is 23.2 Å². The number of rotatable bonds is 14. The molecular weight excluding hydrogens is 612 g/mol. The number of aliphatic hydroxyl groups is 2. The molecule has 18 heteroatoms. The minimum absolute atomic E-state index is 0.0286. The molecule has 0 bridgehead atoms. The van der Waals surface area contributed by atoms with Crippen molar-refractivity contribution in [2.24, 2.45) is 11.1 Å². The number of phosphoric ester groups is 1. The molecule has 1 fully saturated rings. The molecule has 2 aromatic rings. The van der Waals surface area contributed by atoms with E-state index < -0.39 is 63.2 Å². The number of benzene rings is 1. The Labute approximate surface area is 243 Å². The molecule has 0 spiro atoms. The standard InChI is InChI=1S/C23H30Cl2N3O12P/c1-12-8-28(23(33)27-22(12)32)19-6-16(40-26-7-14-15(24)5-17(36-2)21(31)20(14)25)18(39-19)11-38-41(34,35)37-10-13(9-30)3-4-29/h5,7-8,13,16,18-19,29-31H,3-4,6,9-11H2,1-2H3,(H,34,35)(H,27,32,33)/p-1/b26-7+/t13-,16-,18-,19-/m1/s1. The summed E-state index contributed by atoms with van der Waals surface area (Å²) in [4.78, 5) is 44.2. The van der Waals surface area contributed by atoms with Crippen LogP contribution in [-0.4, -0.2) is 76.8 Å². The first-order chi connectivity index (χ1) is 19.4. The fraction of sp³-hybridized carbons (Fsp3) is 0.522. The van der Waals surface area contributed by atoms with Gasteiger partial charge >= 0.3 is 5.69 Å². The molecule has 0 amide bonds. The molecule has 3 rings (SSSR count). The van der Waals surface area contributed by atoms with Crippen LogP contribution in [0.5, 0.6) is 11.5 Å². The number of nitrogens with one attached hydrogen (secondary N) is 1. The second-order valence-corrected chi connectivity index (χ2v) is 11.2. The maximum Gasteiger partial charge on any atom is 0.330 e. The fourth-order valence-electron chi connectivity index (χ4n) is 3.78. The number of aryl methyl sites for hydroxylation is 1. The van der Waals surface area contributed by atoms with E-state index in [1.807, 2.05) is 0 Å². The van der Waals surface area contributed by atoms with Crippen molar-refractivity contribution in [1.29, 1.82) is 0 Å². The molecular formula is C23H29Cl2N3O12P-. The van der Waals surface area contributed by atoms with Gasteiger partial charge in [-0.05, 0) is 13.3 Å². The number of halogens is 2. The zero-order valence-corrected chi connectivity index (χ0v) is 24.3. The lowest BCUT2D eigenvalue weighted by atomic mass is 10.1. The number of hydrogen-bond acceptors (Lipinski definition) is 13. The maximum atomic E-state index is 12.4. The minimum atomic E-state index is -4.89. The molecule has 1 saturated heterocycles. The summed E-state index contributed by atoms with van der Waals surface area (Å²) >= 11 is 12.4. The monoisotopic (exact) mass is 640 g/mol. The van der Waals surface area contributed by atoms with Gasteiger partial charge in [0.1, 0.15) is 12.3 Å². The van der Waals surface area contributed by atoms with Crippen molar-refractivity contribution in [3.05, 3.63) is 54.3 Å². The lowest BCUT2D eigenvalue weighted by Crippen LogP contribution is -2.33. The van der Waals surface area contributed by atoms with Crippen LogP contribution in [0.1, 0.15) is 30.2 Å². The molecule has 228 valence electrons. The number of aliphatic hydroxyl groups excluding tert-OH is 2. The number of ether oxygens (including phenoxy) is 2. The average Bonchev–Trinajstić information content (AvgIpc) is 3.34. The first-order valence-corrected chi connectivity index (χ1v) is 14.4. The zero-order chi connectivity index (χ0) is 30.3. The summed E-state index contributed by atoms with van der Waals surface area (Å²) in [6.45, 7) is -0.218. The SMILES string of the molecule is COc1cc(Cl)c(/C=N/O[C@@H]2C[C@H](n3cc(C)c(=O)[nH]c3=O)O[C@@H]2COP(=O)([O-])OC[C@@H](CO)CCO)c(Cl)c1O. The third-order valence-corrected chi connectivity index (χ3v) is 7.71. The van der Waals surface area contributed by atoms with E-state index in [9.17, 15) is 29.3 Å². The lowest BCUT2D eigenvalue weighted by molar-refractivity contribution is -0.230. The number of hydrogen-bond donors (Lipinski definition) is 4. The molecule has 1 aliphatic heterocycles. The van der Waals surface area contributed by atoms with Gasteiger partial charge in [0.2, 0.25) is 0 Å². The molecule has 15 nitrogen and oxygen atoms in total. The van der Waals surface area contributed by atoms with Crippen molar-refractivity contribution in [3.63, 3.8) is 0 Å². The number of aromatic nitrogens is 2. The van der Waals surface area contributed by atoms with Gasteiger partial charge in [-0.25, -0.2) is 4.79 Å². The second kappa shape index (κ2) is 14.6. The summed E-state index contributed by atoms with van der Waals surface area (Å²) < 4.78 is 34.0. The molecule has 0 aliphatic carbocycles. The number of oxime groups is 1. The van der Waals surface area contributed by atoms with Gasteiger partial charge in [-0.15, -0.1) is 0 Å². The number of H-pyrrole nitrogens is 1. The molecule has 5 atom stereocenters. The zero-order valence-electron chi connectivity index (χ0n) is 21.9. The third-order valence-electron chi connectivity index (χ3n) is 6.09. The van der Waals surface area contributed by atoms with Crippen LogP contribution in [0.3, 0.4) is 0 Å². The van der Waals surface area contributed by atoms with Crippen molar-refractivity contribution in [3.8, 4) is 11.5 Å². The van der Waals surface area contributed by atoms with Gasteiger partial charge in [-0.3, -0.25) is 18.9 Å². The number of phenols is 1. The first kappa shape index (κ1) is 33.0. The maximum absolute atomic E-state index is 12.4. The normalized spacial score (nSPS) is 21.2. The molecule has 4 N–H and O–H groups in total. The van der Waals surface area contributed by atoms with E-state index in [4.69, 9.17) is 51.7 Å². The highest BCUT2D eigenvalue weighted by atomic mass is 35.5. The summed E-state index contributed by atoms with van der Waals surface area (Å²) in [7, 11) is -3.57. The predicted octanol–water partition coefficient (Wildman–Crippen LogP) is 1.07. The second-order valence-electron chi connectivity index (χ2n) is 8.96. The van der Waals surface area contributed by atoms with Crippen LogP contribution >= 0.6 is 31.0 Å². The van der Waals surface area contributed by atoms with E-state index in [2.05, 4.69) is 10.1 Å². The molecule has 1 aromatic heterocycles. The number of aromatic amines is 1. The first-order valence-electron chi connectivity index (χ1n) is 12.1. The quantitative estimate of drug-likeness (QED) is 0.130. The van der Waals surface area contributed by atoms with E-state index in [0.29, 0.717) is 0 Å². The third kappa shape index (κ3) is 8.53. The van der Waals surface area contributed by atoms with Crippen molar-refractivity contribution >= 4 is 37.2 Å². The summed E-state index contributed by atoms with van der Waals surface area (Å²) in [6.07, 6.45) is -0.609. The highest BCUT2D eigenvalue weighted by Gasteiger charge is 2.40. The lowest BCUT2D eigenvalue weighted by Gasteiger charge is -2.27. The highest BCUT2D eigenvalue weighted by Crippen LogP contribution is 2.42. The van der Waals surface area contributed by atoms with Gasteiger partial charge in [0, 0.05) is 48.9 Å². The average molecular weight is 641 g/mol. The predicted molar refractivity (Wildman–Crippen MR) is 144 cm³/mol. The Morgan fingerprint density at radius 3 is 2.73 bits per heavy atom. The Morgan fingerprint density at radius 2 is 2.07 bits per heavy atom. The molecule has 0 radical (unpaired) electrons. The molecule has 1 aliphatic rings. The molecule has 2 heterocycles. The Morgan fingerprint density at radius 1 is 1.34 bits per heavy atom. The van der Waals surface area contributed by atoms with E-state index in [-0.39, 0.29) is 52.1 Å². The van der Waals surface area contributed by atoms with Crippen molar-refractivity contribution < 1.29 is 48.1 Å². The van der Waals surface area contributed by atoms with Crippen LogP contribution in [0.15, 0.2) is 27.0 Å². The van der Waals surface area contributed by atoms with Crippen LogP contribution in [0.4, 0.5) is 0 Å². The van der Waals surface area contributed by atoms with Crippen LogP contribution in [0, 0.1) is 12.8 Å². The summed E-state index contributed by atoms with van der Waals surface area (Å²) in [5, 5.41) is 32.2. The van der Waals surface area contributed by atoms with Gasteiger partial charge in [-0.2, -0.15) is 0 Å². The van der Waals surface area contributed by atoms with Gasteiger partial charge in [0.05, 0.1) is 36.6 Å². The topological polar surface area (TPSA) is 214 Å². The minimum Gasteiger partial charge on any atom is -0.756 e. The Kier molecular flexibility index (Phi) is 11.8. The van der Waals surface area contributed by atoms with E-state index in [0.717, 1.165) is 10.8 Å². The Balaban J connectivity index is 1.79. The number of nitrogens with zero attached hydrogens (tertiary/aromatic N) is 2. The van der Waals surface area contributed by atoms with Crippen molar-refractivity contribution in [2.45, 2.75) is 38.2 Å². The van der Waals surface area contributed by atoms with Gasteiger partial charge in [-0.1, -0.05) is 28.4 Å². The van der Waals surface area contributed by atoms with Crippen LogP contribution < -0.4 is 20.9 Å². The number of aromatic hydroxyl groups is 1. The Bertz CT molecular complexity index is 1400. The van der Waals surface area contributed by atoms with Gasteiger partial charge in [0.15, 0.2) is 17.6 Å². The fourth-order valence-corrected chi connectivity index (χ4v) is 5.11. The molecule has 41 heavy (non-hydrogen) atoms. The van der Waals surface area contributed by atoms with E-state index >= 15 is 0 Å². The van der Waals surface area contributed by atoms with Crippen LogP contribution in [0.25, 0.3) is 0 Å². The van der Waals surface area contributed by atoms with Crippen LogP contribution in [0.2, 0.25) is 10.0 Å². The van der Waals surface area contributed by atoms with Crippen molar-refractivity contribution in [1.82, 2.24) is 9.55 Å². The number of phenolic OH excluding ortho intramolecular Hbond substituents is 1. The van der Waals surface area contributed by atoms with E-state index in [1.165, 1.54) is 26.3 Å². The number of phosphoric acid groups is 1. The smallest absolute Gasteiger partial charge is 0.330 e. The van der Waals surface area contributed by atoms with Crippen molar-refractivity contribution in [2.75, 3.05) is 33.5 Å². The molecule has 1 aromatic carbocycles.